The van der Waals surface area contributed by atoms with E-state index in [2.05, 4.69) is 53.3 Å². The minimum Gasteiger partial charge on any atom is -0.393 e. The smallest absolute Gasteiger partial charge is 0.268 e. The van der Waals surface area contributed by atoms with E-state index in [1.54, 1.807) is 0 Å². The molecule has 0 atom stereocenters. The number of aryl methyl sites for hydroxylation is 1. The molecule has 1 fully saturated rings. The molecule has 1 heterocycles. The van der Waals surface area contributed by atoms with Crippen molar-refractivity contribution < 1.29 is 4.79 Å². The molecule has 4 N–H and O–H groups in total. The monoisotopic (exact) mass is 342 g/mol. The number of amides is 1. The zero-order valence-corrected chi connectivity index (χ0v) is 15.1. The van der Waals surface area contributed by atoms with Crippen LogP contribution in [0, 0.1) is 12.8 Å². The van der Waals surface area contributed by atoms with Gasteiger partial charge >= 0.3 is 0 Å². The Balaban J connectivity index is 1.64. The van der Waals surface area contributed by atoms with Crippen LogP contribution in [-0.2, 0) is 11.2 Å². The summed E-state index contributed by atoms with van der Waals surface area (Å²) >= 11 is 0. The van der Waals surface area contributed by atoms with Crippen LogP contribution < -0.4 is 16.4 Å². The summed E-state index contributed by atoms with van der Waals surface area (Å²) in [7, 11) is 0. The molecule has 136 valence electrons. The molecule has 1 saturated heterocycles. The van der Waals surface area contributed by atoms with Gasteiger partial charge in [0, 0.05) is 19.3 Å². The highest BCUT2D eigenvalue weighted by atomic mass is 16.2. The summed E-state index contributed by atoms with van der Waals surface area (Å²) in [5, 5.41) is 5.55. The Hall–Kier alpha value is -2.27. The van der Waals surface area contributed by atoms with Crippen molar-refractivity contribution in [3.63, 3.8) is 0 Å². The maximum atomic E-state index is 11.8. The quantitative estimate of drug-likeness (QED) is 0.631. The van der Waals surface area contributed by atoms with Crippen LogP contribution >= 0.6 is 0 Å². The fourth-order valence-electron chi connectivity index (χ4n) is 3.12. The fraction of sp³-hybridized carbons (Fsp3) is 0.450. The van der Waals surface area contributed by atoms with Crippen LogP contribution in [0.1, 0.15) is 24.0 Å². The topological polar surface area (TPSA) is 70.4 Å². The van der Waals surface area contributed by atoms with Crippen molar-refractivity contribution in [1.82, 2.24) is 15.5 Å². The number of benzene rings is 1. The first-order valence-corrected chi connectivity index (χ1v) is 8.97. The number of hydrogen-bond acceptors (Lipinski definition) is 4. The number of likely N-dealkylation sites (tertiary alicyclic amines) is 1. The predicted octanol–water partition coefficient (Wildman–Crippen LogP) is 1.90. The standard InChI is InChI=1S/C20H30N4O/c1-3-22-15-19(21)20(25)23-10-13-24-11-8-18(9-12-24)14-17-6-4-16(2)5-7-17/h3-7,15,18,22H,1,8-14,21H2,2H3,(H,23,25)/b19-15-. The molecular weight excluding hydrogens is 312 g/mol. The van der Waals surface area contributed by atoms with Gasteiger partial charge < -0.3 is 21.3 Å². The van der Waals surface area contributed by atoms with Gasteiger partial charge in [-0.25, -0.2) is 0 Å². The molecular formula is C20H30N4O. The van der Waals surface area contributed by atoms with Crippen LogP contribution in [0.4, 0.5) is 0 Å². The first-order valence-electron chi connectivity index (χ1n) is 8.97. The summed E-state index contributed by atoms with van der Waals surface area (Å²) in [5.41, 5.74) is 8.56. The van der Waals surface area contributed by atoms with Gasteiger partial charge in [-0.15, -0.1) is 0 Å². The van der Waals surface area contributed by atoms with Crippen LogP contribution in [0.3, 0.4) is 0 Å². The molecule has 1 amide bonds. The summed E-state index contributed by atoms with van der Waals surface area (Å²) in [4.78, 5) is 14.2. The molecule has 1 aromatic rings. The molecule has 0 aromatic heterocycles. The van der Waals surface area contributed by atoms with Crippen molar-refractivity contribution in [2.45, 2.75) is 26.2 Å². The Kier molecular flexibility index (Phi) is 7.54. The lowest BCUT2D eigenvalue weighted by Gasteiger charge is -2.32. The summed E-state index contributed by atoms with van der Waals surface area (Å²) < 4.78 is 0. The number of piperidine rings is 1. The third kappa shape index (κ3) is 6.63. The van der Waals surface area contributed by atoms with Crippen LogP contribution in [0.5, 0.6) is 0 Å². The molecule has 0 radical (unpaired) electrons. The van der Waals surface area contributed by atoms with Crippen molar-refractivity contribution in [2.75, 3.05) is 26.2 Å². The molecule has 1 aliphatic heterocycles. The van der Waals surface area contributed by atoms with Gasteiger partial charge in [-0.2, -0.15) is 0 Å². The number of carbonyl (C=O) groups excluding carboxylic acids is 1. The van der Waals surface area contributed by atoms with Gasteiger partial charge in [0.05, 0.1) is 0 Å². The lowest BCUT2D eigenvalue weighted by Crippen LogP contribution is -2.40. The summed E-state index contributed by atoms with van der Waals surface area (Å²) in [6.45, 7) is 9.29. The van der Waals surface area contributed by atoms with Crippen LogP contribution in [0.25, 0.3) is 0 Å². The van der Waals surface area contributed by atoms with Crippen molar-refractivity contribution in [1.29, 1.82) is 0 Å². The van der Waals surface area contributed by atoms with Gasteiger partial charge in [-0.1, -0.05) is 36.4 Å². The average Bonchev–Trinajstić information content (AvgIpc) is 2.63. The second-order valence-electron chi connectivity index (χ2n) is 6.70. The fourth-order valence-corrected chi connectivity index (χ4v) is 3.12. The van der Waals surface area contributed by atoms with E-state index in [1.165, 1.54) is 42.8 Å². The summed E-state index contributed by atoms with van der Waals surface area (Å²) in [6, 6.07) is 8.88. The van der Waals surface area contributed by atoms with E-state index in [9.17, 15) is 4.79 Å². The Morgan fingerprint density at radius 1 is 1.32 bits per heavy atom. The molecule has 25 heavy (non-hydrogen) atoms. The Morgan fingerprint density at radius 2 is 2.00 bits per heavy atom. The molecule has 5 heteroatoms. The molecule has 0 spiro atoms. The average molecular weight is 342 g/mol. The van der Waals surface area contributed by atoms with E-state index in [0.717, 1.165) is 25.6 Å². The van der Waals surface area contributed by atoms with Crippen molar-refractivity contribution in [2.24, 2.45) is 11.7 Å². The van der Waals surface area contributed by atoms with E-state index in [-0.39, 0.29) is 11.6 Å². The number of nitrogens with zero attached hydrogens (tertiary/aromatic N) is 1. The molecule has 1 aliphatic rings. The first kappa shape index (κ1) is 19.1. The molecule has 0 bridgehead atoms. The molecule has 0 saturated carbocycles. The zero-order chi connectivity index (χ0) is 18.1. The highest BCUT2D eigenvalue weighted by molar-refractivity contribution is 5.92. The Morgan fingerprint density at radius 3 is 2.64 bits per heavy atom. The summed E-state index contributed by atoms with van der Waals surface area (Å²) in [6.07, 6.45) is 6.52. The van der Waals surface area contributed by atoms with Gasteiger partial charge in [0.1, 0.15) is 5.70 Å². The third-order valence-electron chi connectivity index (χ3n) is 4.68. The van der Waals surface area contributed by atoms with Gasteiger partial charge in [0.15, 0.2) is 0 Å². The molecule has 0 aliphatic carbocycles. The van der Waals surface area contributed by atoms with Crippen LogP contribution in [-0.4, -0.2) is 37.0 Å². The van der Waals surface area contributed by atoms with Gasteiger partial charge in [0.2, 0.25) is 0 Å². The normalized spacial score (nSPS) is 16.4. The molecule has 5 nitrogen and oxygen atoms in total. The number of rotatable bonds is 8. The maximum Gasteiger partial charge on any atom is 0.268 e. The lowest BCUT2D eigenvalue weighted by molar-refractivity contribution is -0.117. The summed E-state index contributed by atoms with van der Waals surface area (Å²) in [5.74, 6) is 0.515. The van der Waals surface area contributed by atoms with E-state index >= 15 is 0 Å². The van der Waals surface area contributed by atoms with E-state index in [0.29, 0.717) is 6.54 Å². The number of carbonyl (C=O) groups is 1. The second-order valence-corrected chi connectivity index (χ2v) is 6.70. The molecule has 2 rings (SSSR count). The third-order valence-corrected chi connectivity index (χ3v) is 4.68. The SMILES string of the molecule is C=CN/C=C(\N)C(=O)NCCN1CCC(Cc2ccc(C)cc2)CC1. The molecule has 0 unspecified atom stereocenters. The largest absolute Gasteiger partial charge is 0.393 e. The Labute approximate surface area is 151 Å². The minimum atomic E-state index is -0.247. The van der Waals surface area contributed by atoms with Crippen LogP contribution in [0.15, 0.2) is 48.9 Å². The van der Waals surface area contributed by atoms with E-state index < -0.39 is 0 Å². The minimum absolute atomic E-state index is 0.164. The predicted molar refractivity (Wildman–Crippen MR) is 103 cm³/mol. The Bertz CT molecular complexity index is 586. The highest BCUT2D eigenvalue weighted by Crippen LogP contribution is 2.21. The first-order chi connectivity index (χ1) is 12.1. The van der Waals surface area contributed by atoms with Crippen molar-refractivity contribution >= 4 is 5.91 Å². The lowest BCUT2D eigenvalue weighted by atomic mass is 9.90. The van der Waals surface area contributed by atoms with E-state index in [1.807, 2.05) is 0 Å². The van der Waals surface area contributed by atoms with Gasteiger partial charge in [0.25, 0.3) is 5.91 Å². The van der Waals surface area contributed by atoms with Gasteiger partial charge in [-0.3, -0.25) is 4.79 Å². The highest BCUT2D eigenvalue weighted by Gasteiger charge is 2.19. The second kappa shape index (κ2) is 9.89. The number of nitrogens with two attached hydrogens (primary N) is 1. The van der Waals surface area contributed by atoms with Gasteiger partial charge in [-0.05, 0) is 57.0 Å². The maximum absolute atomic E-state index is 11.8. The van der Waals surface area contributed by atoms with Crippen molar-refractivity contribution in [3.05, 3.63) is 60.1 Å². The van der Waals surface area contributed by atoms with Crippen LogP contribution in [0.2, 0.25) is 0 Å². The number of hydrogen-bond donors (Lipinski definition) is 3. The zero-order valence-electron chi connectivity index (χ0n) is 15.1. The molecule has 1 aromatic carbocycles. The van der Waals surface area contributed by atoms with E-state index in [4.69, 9.17) is 5.73 Å². The van der Waals surface area contributed by atoms with Crippen molar-refractivity contribution in [3.8, 4) is 0 Å². The number of nitrogens with one attached hydrogen (secondary N) is 2.